The number of ether oxygens (including phenoxy) is 1. The molecule has 112 valence electrons. The third-order valence-electron chi connectivity index (χ3n) is 2.79. The molecule has 0 amide bonds. The maximum atomic E-state index is 11.2. The van der Waals surface area contributed by atoms with Crippen LogP contribution in [0.25, 0.3) is 0 Å². The van der Waals surface area contributed by atoms with Gasteiger partial charge in [0.15, 0.2) is 0 Å². The molecule has 1 aromatic heterocycles. The number of esters is 1. The van der Waals surface area contributed by atoms with E-state index in [0.29, 0.717) is 5.82 Å². The summed E-state index contributed by atoms with van der Waals surface area (Å²) in [6.07, 6.45) is 0. The number of rotatable bonds is 5. The maximum Gasteiger partial charge on any atom is 0.325 e. The van der Waals surface area contributed by atoms with E-state index in [1.165, 1.54) is 7.11 Å². The largest absolute Gasteiger partial charge is 0.468 e. The lowest BCUT2D eigenvalue weighted by Gasteiger charge is -2.21. The SMILES string of the molecule is CCNc1nc(C(C)(C)C)nc(NCC(=O)OC)c1C. The van der Waals surface area contributed by atoms with Gasteiger partial charge in [-0.15, -0.1) is 0 Å². The molecule has 1 rings (SSSR count). The second-order valence-corrected chi connectivity index (χ2v) is 5.58. The van der Waals surface area contributed by atoms with E-state index in [1.807, 2.05) is 13.8 Å². The molecule has 0 aliphatic carbocycles. The van der Waals surface area contributed by atoms with E-state index in [2.05, 4.69) is 46.1 Å². The van der Waals surface area contributed by atoms with Crippen LogP contribution >= 0.6 is 0 Å². The van der Waals surface area contributed by atoms with Crippen molar-refractivity contribution in [1.29, 1.82) is 0 Å². The van der Waals surface area contributed by atoms with Crippen molar-refractivity contribution in [2.45, 2.75) is 40.0 Å². The second kappa shape index (κ2) is 6.54. The Labute approximate surface area is 120 Å². The van der Waals surface area contributed by atoms with Gasteiger partial charge in [0.2, 0.25) is 0 Å². The lowest BCUT2D eigenvalue weighted by atomic mass is 9.95. The average molecular weight is 280 g/mol. The Bertz CT molecular complexity index is 481. The van der Waals surface area contributed by atoms with Crippen LogP contribution < -0.4 is 10.6 Å². The van der Waals surface area contributed by atoms with E-state index in [4.69, 9.17) is 0 Å². The molecule has 0 bridgehead atoms. The van der Waals surface area contributed by atoms with Gasteiger partial charge in [-0.25, -0.2) is 9.97 Å². The van der Waals surface area contributed by atoms with Crippen LogP contribution in [0.4, 0.5) is 11.6 Å². The number of methoxy groups -OCH3 is 1. The van der Waals surface area contributed by atoms with Gasteiger partial charge >= 0.3 is 5.97 Å². The number of carbonyl (C=O) groups excluding carboxylic acids is 1. The highest BCUT2D eigenvalue weighted by Crippen LogP contribution is 2.26. The molecule has 0 saturated carbocycles. The molecule has 1 aromatic rings. The van der Waals surface area contributed by atoms with Gasteiger partial charge in [0.1, 0.15) is 24.0 Å². The monoisotopic (exact) mass is 280 g/mol. The number of aromatic nitrogens is 2. The molecule has 2 N–H and O–H groups in total. The Morgan fingerprint density at radius 1 is 1.20 bits per heavy atom. The van der Waals surface area contributed by atoms with Crippen molar-refractivity contribution < 1.29 is 9.53 Å². The molecule has 6 heteroatoms. The minimum absolute atomic E-state index is 0.0868. The van der Waals surface area contributed by atoms with E-state index in [1.54, 1.807) is 0 Å². The van der Waals surface area contributed by atoms with Crippen molar-refractivity contribution in [1.82, 2.24) is 9.97 Å². The van der Waals surface area contributed by atoms with Crippen LogP contribution in [0.2, 0.25) is 0 Å². The summed E-state index contributed by atoms with van der Waals surface area (Å²) in [6.45, 7) is 11.0. The van der Waals surface area contributed by atoms with Crippen molar-refractivity contribution in [3.05, 3.63) is 11.4 Å². The van der Waals surface area contributed by atoms with Gasteiger partial charge < -0.3 is 15.4 Å². The van der Waals surface area contributed by atoms with E-state index in [9.17, 15) is 4.79 Å². The van der Waals surface area contributed by atoms with Gasteiger partial charge in [-0.1, -0.05) is 20.8 Å². The topological polar surface area (TPSA) is 76.1 Å². The van der Waals surface area contributed by atoms with Crippen LogP contribution in [0.3, 0.4) is 0 Å². The Balaban J connectivity index is 3.13. The van der Waals surface area contributed by atoms with Crippen molar-refractivity contribution in [3.63, 3.8) is 0 Å². The molecular formula is C14H24N4O2. The number of nitrogens with one attached hydrogen (secondary N) is 2. The summed E-state index contributed by atoms with van der Waals surface area (Å²) in [5.74, 6) is 1.85. The number of anilines is 2. The standard InChI is InChI=1S/C14H24N4O2/c1-7-15-11-9(2)12(16-8-10(19)20-6)18-13(17-11)14(3,4)5/h7-8H2,1-6H3,(H2,15,16,17,18). The predicted molar refractivity (Wildman–Crippen MR) is 80.1 cm³/mol. The summed E-state index contributed by atoms with van der Waals surface area (Å²) in [5.41, 5.74) is 0.725. The first-order valence-electron chi connectivity index (χ1n) is 6.73. The minimum Gasteiger partial charge on any atom is -0.468 e. The summed E-state index contributed by atoms with van der Waals surface area (Å²) in [6, 6.07) is 0. The van der Waals surface area contributed by atoms with E-state index in [0.717, 1.165) is 23.8 Å². The van der Waals surface area contributed by atoms with Crippen LogP contribution in [-0.4, -0.2) is 36.1 Å². The average Bonchev–Trinajstić information content (AvgIpc) is 2.38. The van der Waals surface area contributed by atoms with Gasteiger partial charge in [-0.05, 0) is 13.8 Å². The molecular weight excluding hydrogens is 256 g/mol. The molecule has 0 atom stereocenters. The van der Waals surface area contributed by atoms with E-state index >= 15 is 0 Å². The quantitative estimate of drug-likeness (QED) is 0.804. The fourth-order valence-corrected chi connectivity index (χ4v) is 1.59. The third-order valence-corrected chi connectivity index (χ3v) is 2.79. The molecule has 0 unspecified atom stereocenters. The summed E-state index contributed by atoms with van der Waals surface area (Å²) < 4.78 is 4.63. The molecule has 20 heavy (non-hydrogen) atoms. The molecule has 0 aliphatic rings. The Morgan fingerprint density at radius 2 is 1.75 bits per heavy atom. The molecule has 0 spiro atoms. The maximum absolute atomic E-state index is 11.2. The molecule has 0 aliphatic heterocycles. The van der Waals surface area contributed by atoms with Gasteiger partial charge in [-0.3, -0.25) is 4.79 Å². The van der Waals surface area contributed by atoms with Crippen molar-refractivity contribution >= 4 is 17.6 Å². The van der Waals surface area contributed by atoms with Crippen LogP contribution in [0.1, 0.15) is 39.1 Å². The fraction of sp³-hybridized carbons (Fsp3) is 0.643. The number of carbonyl (C=O) groups is 1. The molecule has 0 aromatic carbocycles. The summed E-state index contributed by atoms with van der Waals surface area (Å²) in [4.78, 5) is 20.3. The summed E-state index contributed by atoms with van der Waals surface area (Å²) >= 11 is 0. The highest BCUT2D eigenvalue weighted by Gasteiger charge is 2.21. The van der Waals surface area contributed by atoms with Crippen molar-refractivity contribution in [2.24, 2.45) is 0 Å². The van der Waals surface area contributed by atoms with Crippen molar-refractivity contribution in [3.8, 4) is 0 Å². The van der Waals surface area contributed by atoms with Gasteiger partial charge in [0.25, 0.3) is 0 Å². The van der Waals surface area contributed by atoms with Crippen LogP contribution in [0.5, 0.6) is 0 Å². The smallest absolute Gasteiger partial charge is 0.325 e. The van der Waals surface area contributed by atoms with Gasteiger partial charge in [-0.2, -0.15) is 0 Å². The first-order chi connectivity index (χ1) is 9.29. The number of hydrogen-bond donors (Lipinski definition) is 2. The summed E-state index contributed by atoms with van der Waals surface area (Å²) in [5, 5.41) is 6.23. The highest BCUT2D eigenvalue weighted by molar-refractivity contribution is 5.75. The molecule has 0 radical (unpaired) electrons. The fourth-order valence-electron chi connectivity index (χ4n) is 1.59. The molecule has 0 fully saturated rings. The van der Waals surface area contributed by atoms with E-state index < -0.39 is 0 Å². The Hall–Kier alpha value is -1.85. The first-order valence-corrected chi connectivity index (χ1v) is 6.73. The van der Waals surface area contributed by atoms with Crippen LogP contribution in [0, 0.1) is 6.92 Å². The Kier molecular flexibility index (Phi) is 5.30. The minimum atomic E-state index is -0.328. The van der Waals surface area contributed by atoms with Crippen molar-refractivity contribution in [2.75, 3.05) is 30.8 Å². The lowest BCUT2D eigenvalue weighted by Crippen LogP contribution is -2.22. The molecule has 1 heterocycles. The zero-order valence-corrected chi connectivity index (χ0v) is 13.1. The molecule has 6 nitrogen and oxygen atoms in total. The Morgan fingerprint density at radius 3 is 2.20 bits per heavy atom. The lowest BCUT2D eigenvalue weighted by molar-refractivity contribution is -0.138. The van der Waals surface area contributed by atoms with Crippen LogP contribution in [0.15, 0.2) is 0 Å². The molecule has 0 saturated heterocycles. The third kappa shape index (κ3) is 4.08. The van der Waals surface area contributed by atoms with E-state index in [-0.39, 0.29) is 17.9 Å². The number of hydrogen-bond acceptors (Lipinski definition) is 6. The second-order valence-electron chi connectivity index (χ2n) is 5.58. The highest BCUT2D eigenvalue weighted by atomic mass is 16.5. The summed E-state index contributed by atoms with van der Waals surface area (Å²) in [7, 11) is 1.36. The zero-order chi connectivity index (χ0) is 15.3. The normalized spacial score (nSPS) is 11.1. The number of nitrogens with zero attached hydrogens (tertiary/aromatic N) is 2. The predicted octanol–water partition coefficient (Wildman–Crippen LogP) is 2.10. The van der Waals surface area contributed by atoms with Crippen LogP contribution in [-0.2, 0) is 14.9 Å². The zero-order valence-electron chi connectivity index (χ0n) is 13.1. The first kappa shape index (κ1) is 16.2. The van der Waals surface area contributed by atoms with Gasteiger partial charge in [0, 0.05) is 17.5 Å². The van der Waals surface area contributed by atoms with Gasteiger partial charge in [0.05, 0.1) is 7.11 Å².